The van der Waals surface area contributed by atoms with E-state index in [1.54, 1.807) is 0 Å². The lowest BCUT2D eigenvalue weighted by atomic mass is 9.99. The Bertz CT molecular complexity index is 631. The lowest BCUT2D eigenvalue weighted by molar-refractivity contribution is -0.126. The normalized spacial score (nSPS) is 28.4. The van der Waals surface area contributed by atoms with Crippen LogP contribution in [0, 0.1) is 5.92 Å². The van der Waals surface area contributed by atoms with Gasteiger partial charge in [-0.05, 0) is 44.0 Å². The molecule has 150 valence electrons. The smallest absolute Gasteiger partial charge is 0.289 e. The summed E-state index contributed by atoms with van der Waals surface area (Å²) in [4.78, 5) is 17.2. The van der Waals surface area contributed by atoms with E-state index in [4.69, 9.17) is 13.9 Å². The molecule has 27 heavy (non-hydrogen) atoms. The fourth-order valence-corrected chi connectivity index (χ4v) is 4.16. The highest BCUT2D eigenvalue weighted by Crippen LogP contribution is 2.23. The Morgan fingerprint density at radius 1 is 1.26 bits per heavy atom. The van der Waals surface area contributed by atoms with Crippen molar-refractivity contribution in [3.63, 3.8) is 0 Å². The number of ether oxygens (including phenoxy) is 2. The third-order valence-electron chi connectivity index (χ3n) is 5.90. The fourth-order valence-electron chi connectivity index (χ4n) is 4.16. The van der Waals surface area contributed by atoms with Crippen molar-refractivity contribution < 1.29 is 18.7 Å². The molecule has 1 atom stereocenters. The number of hydrogen-bond acceptors (Lipinski definition) is 6. The van der Waals surface area contributed by atoms with Crippen molar-refractivity contribution in [3.05, 3.63) is 23.7 Å². The summed E-state index contributed by atoms with van der Waals surface area (Å²) in [5.41, 5.74) is -0.454. The Morgan fingerprint density at radius 3 is 2.96 bits per heavy atom. The molecule has 4 rings (SSSR count). The van der Waals surface area contributed by atoms with Crippen LogP contribution in [0.25, 0.3) is 0 Å². The van der Waals surface area contributed by atoms with Gasteiger partial charge < -0.3 is 24.1 Å². The number of amides is 1. The first-order valence-electron chi connectivity index (χ1n) is 10.2. The zero-order chi connectivity index (χ0) is 18.7. The van der Waals surface area contributed by atoms with Gasteiger partial charge in [-0.15, -0.1) is 0 Å². The molecule has 0 saturated carbocycles. The van der Waals surface area contributed by atoms with Crippen LogP contribution in [0.4, 0.5) is 0 Å². The number of hydrogen-bond donors (Lipinski definition) is 1. The van der Waals surface area contributed by atoms with Gasteiger partial charge in [0.05, 0.1) is 32.9 Å². The maximum atomic E-state index is 13.0. The van der Waals surface area contributed by atoms with Crippen molar-refractivity contribution in [2.24, 2.45) is 5.92 Å². The van der Waals surface area contributed by atoms with E-state index < -0.39 is 5.60 Å². The number of piperidine rings is 1. The molecule has 0 radical (unpaired) electrons. The van der Waals surface area contributed by atoms with E-state index in [9.17, 15) is 4.79 Å². The number of nitrogens with zero attached hydrogens (tertiary/aromatic N) is 2. The van der Waals surface area contributed by atoms with E-state index in [2.05, 4.69) is 17.1 Å². The Labute approximate surface area is 161 Å². The predicted octanol–water partition coefficient (Wildman–Crippen LogP) is 1.34. The number of carbonyl (C=O) groups is 1. The molecular weight excluding hydrogens is 346 g/mol. The van der Waals surface area contributed by atoms with Crippen LogP contribution in [-0.4, -0.2) is 80.4 Å². The fraction of sp³-hybridized carbons (Fsp3) is 0.750. The summed E-state index contributed by atoms with van der Waals surface area (Å²) in [6, 6.07) is 3.76. The van der Waals surface area contributed by atoms with Crippen molar-refractivity contribution >= 4 is 5.91 Å². The second-order valence-electron chi connectivity index (χ2n) is 8.21. The molecule has 1 aromatic heterocycles. The minimum atomic E-state index is -0.454. The molecule has 3 aliphatic heterocycles. The monoisotopic (exact) mass is 377 g/mol. The highest BCUT2D eigenvalue weighted by molar-refractivity contribution is 5.91. The summed E-state index contributed by atoms with van der Waals surface area (Å²) in [7, 11) is 0. The molecule has 0 unspecified atom stereocenters. The van der Waals surface area contributed by atoms with Crippen LogP contribution < -0.4 is 5.32 Å². The summed E-state index contributed by atoms with van der Waals surface area (Å²) in [6.07, 6.45) is 2.47. The van der Waals surface area contributed by atoms with Crippen LogP contribution >= 0.6 is 0 Å². The van der Waals surface area contributed by atoms with Gasteiger partial charge in [0.2, 0.25) is 0 Å². The molecule has 3 saturated heterocycles. The Balaban J connectivity index is 1.37. The molecule has 7 heteroatoms. The molecule has 3 aliphatic rings. The van der Waals surface area contributed by atoms with Crippen molar-refractivity contribution in [2.75, 3.05) is 59.1 Å². The van der Waals surface area contributed by atoms with Crippen LogP contribution in [0.3, 0.4) is 0 Å². The van der Waals surface area contributed by atoms with Gasteiger partial charge in [-0.25, -0.2) is 0 Å². The van der Waals surface area contributed by atoms with Gasteiger partial charge >= 0.3 is 0 Å². The molecule has 1 spiro atoms. The lowest BCUT2D eigenvalue weighted by Crippen LogP contribution is -2.59. The molecule has 1 N–H and O–H groups in total. The van der Waals surface area contributed by atoms with E-state index in [1.807, 2.05) is 17.0 Å². The minimum Gasteiger partial charge on any atom is -0.455 e. The van der Waals surface area contributed by atoms with Crippen LogP contribution in [0.2, 0.25) is 0 Å². The number of nitrogens with one attached hydrogen (secondary N) is 1. The number of rotatable bonds is 3. The van der Waals surface area contributed by atoms with E-state index in [1.165, 1.54) is 12.8 Å². The zero-order valence-corrected chi connectivity index (χ0v) is 16.2. The average Bonchev–Trinajstić information content (AvgIpc) is 3.03. The van der Waals surface area contributed by atoms with E-state index in [0.29, 0.717) is 45.2 Å². The van der Waals surface area contributed by atoms with E-state index >= 15 is 0 Å². The van der Waals surface area contributed by atoms with Gasteiger partial charge in [-0.2, -0.15) is 0 Å². The average molecular weight is 377 g/mol. The molecule has 0 aliphatic carbocycles. The quantitative estimate of drug-likeness (QED) is 0.858. The number of likely N-dealkylation sites (tertiary alicyclic amines) is 1. The van der Waals surface area contributed by atoms with Crippen LogP contribution in [0.15, 0.2) is 16.5 Å². The summed E-state index contributed by atoms with van der Waals surface area (Å²) in [6.45, 7) is 9.64. The SMILES string of the molecule is CC1CCN(Cc2ccc(C(=O)N3CCO[C@]4(CNCCOC4)C3)o2)CC1. The van der Waals surface area contributed by atoms with Crippen molar-refractivity contribution in [3.8, 4) is 0 Å². The number of carbonyl (C=O) groups excluding carboxylic acids is 1. The largest absolute Gasteiger partial charge is 0.455 e. The lowest BCUT2D eigenvalue weighted by Gasteiger charge is -2.41. The van der Waals surface area contributed by atoms with Crippen molar-refractivity contribution in [1.82, 2.24) is 15.1 Å². The summed E-state index contributed by atoms with van der Waals surface area (Å²) >= 11 is 0. The highest BCUT2D eigenvalue weighted by atomic mass is 16.5. The predicted molar refractivity (Wildman–Crippen MR) is 101 cm³/mol. The molecular formula is C20H31N3O4. The molecule has 4 heterocycles. The maximum absolute atomic E-state index is 13.0. The zero-order valence-electron chi connectivity index (χ0n) is 16.2. The van der Waals surface area contributed by atoms with Gasteiger partial charge in [0.1, 0.15) is 11.4 Å². The topological polar surface area (TPSA) is 67.2 Å². The first-order chi connectivity index (χ1) is 13.1. The molecule has 3 fully saturated rings. The van der Waals surface area contributed by atoms with Gasteiger partial charge in [-0.3, -0.25) is 9.69 Å². The second kappa shape index (κ2) is 8.31. The molecule has 1 amide bonds. The molecule has 1 aromatic rings. The third kappa shape index (κ3) is 4.54. The Kier molecular flexibility index (Phi) is 5.82. The van der Waals surface area contributed by atoms with E-state index in [-0.39, 0.29) is 5.91 Å². The number of furan rings is 1. The van der Waals surface area contributed by atoms with Gasteiger partial charge in [0.25, 0.3) is 5.91 Å². The van der Waals surface area contributed by atoms with Crippen LogP contribution in [0.5, 0.6) is 0 Å². The van der Waals surface area contributed by atoms with Crippen molar-refractivity contribution in [2.45, 2.75) is 31.9 Å². The molecule has 0 aromatic carbocycles. The van der Waals surface area contributed by atoms with Gasteiger partial charge in [0.15, 0.2) is 5.76 Å². The summed E-state index contributed by atoms with van der Waals surface area (Å²) < 4.78 is 17.6. The summed E-state index contributed by atoms with van der Waals surface area (Å²) in [5, 5.41) is 3.34. The van der Waals surface area contributed by atoms with E-state index in [0.717, 1.165) is 37.9 Å². The van der Waals surface area contributed by atoms with Crippen LogP contribution in [0.1, 0.15) is 36.1 Å². The van der Waals surface area contributed by atoms with Gasteiger partial charge in [-0.1, -0.05) is 6.92 Å². The first-order valence-corrected chi connectivity index (χ1v) is 10.2. The van der Waals surface area contributed by atoms with Crippen molar-refractivity contribution in [1.29, 1.82) is 0 Å². The summed E-state index contributed by atoms with van der Waals surface area (Å²) in [5.74, 6) is 2.05. The van der Waals surface area contributed by atoms with Gasteiger partial charge in [0, 0.05) is 19.6 Å². The second-order valence-corrected chi connectivity index (χ2v) is 8.21. The van der Waals surface area contributed by atoms with Crippen LogP contribution in [-0.2, 0) is 16.0 Å². The Hall–Kier alpha value is -1.41. The third-order valence-corrected chi connectivity index (χ3v) is 5.90. The minimum absolute atomic E-state index is 0.0551. The standard InChI is InChI=1S/C20H31N3O4/c1-16-4-7-22(8-5-16)12-17-2-3-18(27-17)19(24)23-9-11-26-20(14-23)13-21-6-10-25-15-20/h2-3,16,21H,4-15H2,1H3/t20-/m1/s1. The Morgan fingerprint density at radius 2 is 2.11 bits per heavy atom. The first kappa shape index (κ1) is 18.9. The highest BCUT2D eigenvalue weighted by Gasteiger charge is 2.40. The molecule has 0 bridgehead atoms. The maximum Gasteiger partial charge on any atom is 0.289 e. The number of morpholine rings is 1. The molecule has 7 nitrogen and oxygen atoms in total.